The van der Waals surface area contributed by atoms with Crippen molar-refractivity contribution in [2.45, 2.75) is 67.2 Å². The van der Waals surface area contributed by atoms with Crippen molar-refractivity contribution in [3.8, 4) is 5.75 Å². The number of para-hydroxylation sites is 1. The number of nitrogens with one attached hydrogen (secondary N) is 2. The van der Waals surface area contributed by atoms with Crippen molar-refractivity contribution >= 4 is 10.9 Å². The fraction of sp³-hybridized carbons (Fsp3) is 0.452. The third kappa shape index (κ3) is 11.6. The van der Waals surface area contributed by atoms with E-state index < -0.39 is 0 Å². The molecule has 1 atom stereocenters. The smallest absolute Gasteiger partial charge is 0.115 e. The van der Waals surface area contributed by atoms with Crippen molar-refractivity contribution < 1.29 is 5.11 Å². The molecule has 0 amide bonds. The fourth-order valence-electron chi connectivity index (χ4n) is 3.79. The summed E-state index contributed by atoms with van der Waals surface area (Å²) in [4.78, 5) is 12.4. The van der Waals surface area contributed by atoms with Gasteiger partial charge in [-0.1, -0.05) is 71.9 Å². The maximum Gasteiger partial charge on any atom is 0.115 e. The molecule has 5 nitrogen and oxygen atoms in total. The summed E-state index contributed by atoms with van der Waals surface area (Å²) in [5, 5.41) is 10.2. The number of benzene rings is 2. The number of aromatic hydroxyl groups is 1. The molecule has 0 radical (unpaired) electrons. The Kier molecular flexibility index (Phi) is 15.7. The first kappa shape index (κ1) is 31.0. The number of hydrogen-bond acceptors (Lipinski definition) is 3. The average Bonchev–Trinajstić information content (AvgIpc) is 3.68. The Labute approximate surface area is 219 Å². The molecule has 1 fully saturated rings. The highest BCUT2D eigenvalue weighted by molar-refractivity contribution is 5.82. The molecule has 0 bridgehead atoms. The van der Waals surface area contributed by atoms with Gasteiger partial charge in [-0.2, -0.15) is 0 Å². The van der Waals surface area contributed by atoms with E-state index >= 15 is 0 Å². The summed E-state index contributed by atoms with van der Waals surface area (Å²) in [5.74, 6) is 1.29. The molecule has 1 saturated heterocycles. The van der Waals surface area contributed by atoms with Gasteiger partial charge in [0.1, 0.15) is 5.75 Å². The van der Waals surface area contributed by atoms with Crippen LogP contribution in [0.5, 0.6) is 5.75 Å². The van der Waals surface area contributed by atoms with Gasteiger partial charge < -0.3 is 20.0 Å². The quantitative estimate of drug-likeness (QED) is 0.275. The lowest BCUT2D eigenvalue weighted by molar-refractivity contribution is 0.402. The van der Waals surface area contributed by atoms with Crippen molar-refractivity contribution in [1.29, 1.82) is 0 Å². The number of hydrogen-bond donors (Lipinski definition) is 3. The highest BCUT2D eigenvalue weighted by atomic mass is 16.3. The largest absolute Gasteiger partial charge is 0.508 e. The number of imidazole rings is 1. The molecule has 1 aliphatic heterocycles. The van der Waals surface area contributed by atoms with E-state index in [1.54, 1.807) is 18.5 Å². The van der Waals surface area contributed by atoms with Gasteiger partial charge in [-0.25, -0.2) is 4.98 Å². The lowest BCUT2D eigenvalue weighted by atomic mass is 10.1. The average molecular weight is 493 g/mol. The molecule has 36 heavy (non-hydrogen) atoms. The molecule has 3 N–H and O–H groups in total. The van der Waals surface area contributed by atoms with Gasteiger partial charge >= 0.3 is 0 Å². The SMILES string of the molecule is CC.CC1CCN(C)C1.CCc1c[nH]c2ccccc12.CCc1ccc(O)cc1.CCc1cnc[nH]1. The first-order chi connectivity index (χ1) is 17.5. The van der Waals surface area contributed by atoms with Gasteiger partial charge in [-0.3, -0.25) is 0 Å². The summed E-state index contributed by atoms with van der Waals surface area (Å²) in [7, 11) is 2.18. The Balaban J connectivity index is 0.000000239. The maximum absolute atomic E-state index is 8.85. The second-order valence-electron chi connectivity index (χ2n) is 8.82. The number of aromatic amines is 2. The zero-order valence-corrected chi connectivity index (χ0v) is 23.5. The van der Waals surface area contributed by atoms with E-state index in [2.05, 4.69) is 85.1 Å². The van der Waals surface area contributed by atoms with E-state index in [9.17, 15) is 0 Å². The topological polar surface area (TPSA) is 67.9 Å². The number of aryl methyl sites for hydroxylation is 3. The zero-order valence-electron chi connectivity index (χ0n) is 23.5. The van der Waals surface area contributed by atoms with E-state index in [0.717, 1.165) is 25.2 Å². The number of rotatable bonds is 3. The predicted molar refractivity (Wildman–Crippen MR) is 156 cm³/mol. The second kappa shape index (κ2) is 18.3. The molecular weight excluding hydrogens is 444 g/mol. The highest BCUT2D eigenvalue weighted by Gasteiger charge is 2.13. The summed E-state index contributed by atoms with van der Waals surface area (Å²) < 4.78 is 0. The zero-order chi connectivity index (χ0) is 26.8. The van der Waals surface area contributed by atoms with E-state index in [0.29, 0.717) is 5.75 Å². The molecule has 0 aliphatic carbocycles. The van der Waals surface area contributed by atoms with Crippen molar-refractivity contribution in [3.05, 3.63) is 84.1 Å². The van der Waals surface area contributed by atoms with Crippen LogP contribution < -0.4 is 0 Å². The van der Waals surface area contributed by atoms with Crippen LogP contribution in [0, 0.1) is 5.92 Å². The molecule has 0 saturated carbocycles. The summed E-state index contributed by atoms with van der Waals surface area (Å²) in [6.07, 6.45) is 10.2. The molecule has 2 aromatic heterocycles. The lowest BCUT2D eigenvalue weighted by Crippen LogP contribution is -2.12. The summed E-state index contributed by atoms with van der Waals surface area (Å²) in [6.45, 7) is 15.3. The number of nitrogens with zero attached hydrogens (tertiary/aromatic N) is 2. The Morgan fingerprint density at radius 1 is 0.944 bits per heavy atom. The third-order valence-corrected chi connectivity index (χ3v) is 5.96. The monoisotopic (exact) mass is 492 g/mol. The van der Waals surface area contributed by atoms with Crippen LogP contribution in [0.15, 0.2) is 67.3 Å². The minimum absolute atomic E-state index is 0.340. The summed E-state index contributed by atoms with van der Waals surface area (Å²) in [5.41, 5.74) is 5.10. The maximum atomic E-state index is 8.85. The normalized spacial score (nSPS) is 14.2. The Morgan fingerprint density at radius 2 is 1.64 bits per heavy atom. The summed E-state index contributed by atoms with van der Waals surface area (Å²) in [6, 6.07) is 15.7. The first-order valence-corrected chi connectivity index (χ1v) is 13.4. The summed E-state index contributed by atoms with van der Waals surface area (Å²) >= 11 is 0. The van der Waals surface area contributed by atoms with E-state index in [4.69, 9.17) is 5.11 Å². The van der Waals surface area contributed by atoms with Gasteiger partial charge in [0.15, 0.2) is 0 Å². The number of phenols is 1. The van der Waals surface area contributed by atoms with Crippen LogP contribution in [0.1, 0.15) is 64.8 Å². The van der Waals surface area contributed by atoms with Gasteiger partial charge in [0.2, 0.25) is 0 Å². The highest BCUT2D eigenvalue weighted by Crippen LogP contribution is 2.17. The van der Waals surface area contributed by atoms with Gasteiger partial charge in [-0.05, 0) is 74.5 Å². The molecule has 2 aromatic carbocycles. The first-order valence-electron chi connectivity index (χ1n) is 13.4. The van der Waals surface area contributed by atoms with Crippen LogP contribution in [-0.2, 0) is 19.3 Å². The van der Waals surface area contributed by atoms with Crippen LogP contribution >= 0.6 is 0 Å². The van der Waals surface area contributed by atoms with Crippen molar-refractivity contribution in [1.82, 2.24) is 19.9 Å². The van der Waals surface area contributed by atoms with Gasteiger partial charge in [0, 0.05) is 35.5 Å². The number of aromatic nitrogens is 3. The standard InChI is InChI=1S/C10H11N.C8H10O.C6H13N.C5H8N2.C2H6/c1-2-8-7-11-10-6-4-3-5-9(8)10;1-2-7-3-5-8(9)6-4-7;1-6-3-4-7(2)5-6;1-2-5-3-6-4-7-5;1-2/h3-7,11H,2H2,1H3;3-6,9H,2H2,1H3;6H,3-5H2,1-2H3;3-4H,2H2,1H3,(H,6,7);1-2H3. The van der Waals surface area contributed by atoms with Gasteiger partial charge in [-0.15, -0.1) is 0 Å². The third-order valence-electron chi connectivity index (χ3n) is 5.96. The number of phenolic OH excluding ortho intramolecular Hbond substituents is 1. The molecular formula is C31H48N4O. The number of H-pyrrole nitrogens is 2. The molecule has 0 spiro atoms. The van der Waals surface area contributed by atoms with Crippen LogP contribution in [0.2, 0.25) is 0 Å². The minimum Gasteiger partial charge on any atom is -0.508 e. The van der Waals surface area contributed by atoms with Gasteiger partial charge in [0.05, 0.1) is 6.33 Å². The molecule has 198 valence electrons. The van der Waals surface area contributed by atoms with Crippen molar-refractivity contribution in [2.24, 2.45) is 5.92 Å². The molecule has 5 rings (SSSR count). The van der Waals surface area contributed by atoms with Crippen LogP contribution in [0.25, 0.3) is 10.9 Å². The fourth-order valence-corrected chi connectivity index (χ4v) is 3.79. The second-order valence-corrected chi connectivity index (χ2v) is 8.82. The molecule has 1 aliphatic rings. The van der Waals surface area contributed by atoms with Crippen molar-refractivity contribution in [2.75, 3.05) is 20.1 Å². The number of fused-ring (bicyclic) bond motifs is 1. The van der Waals surface area contributed by atoms with Crippen LogP contribution in [0.4, 0.5) is 0 Å². The Hall–Kier alpha value is -3.05. The van der Waals surface area contributed by atoms with Gasteiger partial charge in [0.25, 0.3) is 0 Å². The van der Waals surface area contributed by atoms with E-state index in [1.807, 2.05) is 32.2 Å². The molecule has 4 aromatic rings. The van der Waals surface area contributed by atoms with Crippen molar-refractivity contribution in [3.63, 3.8) is 0 Å². The Bertz CT molecular complexity index is 1030. The lowest BCUT2D eigenvalue weighted by Gasteiger charge is -2.03. The van der Waals surface area contributed by atoms with Crippen LogP contribution in [-0.4, -0.2) is 45.1 Å². The minimum atomic E-state index is 0.340. The molecule has 3 heterocycles. The van der Waals surface area contributed by atoms with E-state index in [1.165, 1.54) is 47.2 Å². The molecule has 5 heteroatoms. The molecule has 1 unspecified atom stereocenters. The van der Waals surface area contributed by atoms with Crippen LogP contribution in [0.3, 0.4) is 0 Å². The predicted octanol–water partition coefficient (Wildman–Crippen LogP) is 7.64. The Morgan fingerprint density at radius 3 is 2.08 bits per heavy atom. The van der Waals surface area contributed by atoms with E-state index in [-0.39, 0.29) is 0 Å². The number of likely N-dealkylation sites (tertiary alicyclic amines) is 1.